The average molecular weight is 429 g/mol. The second-order valence-electron chi connectivity index (χ2n) is 7.51. The first-order valence-corrected chi connectivity index (χ1v) is 9.83. The fraction of sp³-hybridized carbons (Fsp3) is 0.261. The van der Waals surface area contributed by atoms with Gasteiger partial charge in [0.25, 0.3) is 0 Å². The Morgan fingerprint density at radius 3 is 2.55 bits per heavy atom. The molecule has 1 aliphatic carbocycles. The van der Waals surface area contributed by atoms with Crippen molar-refractivity contribution in [3.8, 4) is 11.4 Å². The predicted molar refractivity (Wildman–Crippen MR) is 112 cm³/mol. The maximum atomic E-state index is 14.2. The topological polar surface area (TPSA) is 62.3 Å². The highest BCUT2D eigenvalue weighted by Gasteiger charge is 2.36. The average Bonchev–Trinajstić information content (AvgIpc) is 3.15. The first-order valence-electron chi connectivity index (χ1n) is 9.83. The zero-order chi connectivity index (χ0) is 22.1. The SMILES string of the molecule is COC1=C(F)C=C(F)CC1[C@@H](Oc1ccc2c(cnn2-c2ccc(F)cc2)c1)[C@H](C)N. The number of ether oxygens (including phenoxy) is 2. The second kappa shape index (κ2) is 8.47. The molecule has 31 heavy (non-hydrogen) atoms. The number of fused-ring (bicyclic) bond motifs is 1. The van der Waals surface area contributed by atoms with Crippen LogP contribution in [0.15, 0.2) is 72.2 Å². The van der Waals surface area contributed by atoms with E-state index < -0.39 is 29.7 Å². The van der Waals surface area contributed by atoms with Gasteiger partial charge in [0, 0.05) is 23.9 Å². The Bertz CT molecular complexity index is 1150. The fourth-order valence-electron chi connectivity index (χ4n) is 3.85. The molecule has 0 aliphatic heterocycles. The van der Waals surface area contributed by atoms with Gasteiger partial charge < -0.3 is 15.2 Å². The molecule has 0 radical (unpaired) electrons. The molecular weight excluding hydrogens is 407 g/mol. The Labute approximate surface area is 177 Å². The Morgan fingerprint density at radius 1 is 1.13 bits per heavy atom. The van der Waals surface area contributed by atoms with Crippen molar-refractivity contribution in [3.63, 3.8) is 0 Å². The van der Waals surface area contributed by atoms with Gasteiger partial charge in [-0.05, 0) is 49.4 Å². The quantitative estimate of drug-likeness (QED) is 0.602. The molecule has 4 rings (SSSR count). The van der Waals surface area contributed by atoms with Crippen LogP contribution in [0.3, 0.4) is 0 Å². The number of rotatable bonds is 6. The predicted octanol–water partition coefficient (Wildman–Crippen LogP) is 4.96. The number of hydrogen-bond donors (Lipinski definition) is 1. The molecule has 5 nitrogen and oxygen atoms in total. The van der Waals surface area contributed by atoms with Gasteiger partial charge in [-0.3, -0.25) is 0 Å². The number of allylic oxidation sites excluding steroid dienone is 3. The number of halogens is 3. The van der Waals surface area contributed by atoms with E-state index in [9.17, 15) is 13.2 Å². The zero-order valence-corrected chi connectivity index (χ0v) is 17.1. The van der Waals surface area contributed by atoms with Gasteiger partial charge in [-0.15, -0.1) is 0 Å². The first-order chi connectivity index (χ1) is 14.9. The number of aromatic nitrogens is 2. The van der Waals surface area contributed by atoms with Gasteiger partial charge in [0.1, 0.15) is 29.3 Å². The van der Waals surface area contributed by atoms with E-state index in [4.69, 9.17) is 15.2 Å². The highest BCUT2D eigenvalue weighted by molar-refractivity contribution is 5.81. The van der Waals surface area contributed by atoms with Crippen LogP contribution in [0.4, 0.5) is 13.2 Å². The van der Waals surface area contributed by atoms with E-state index in [1.165, 1.54) is 19.2 Å². The lowest BCUT2D eigenvalue weighted by Crippen LogP contribution is -2.44. The molecule has 1 aromatic heterocycles. The van der Waals surface area contributed by atoms with Gasteiger partial charge in [-0.2, -0.15) is 5.10 Å². The van der Waals surface area contributed by atoms with Crippen LogP contribution in [0.5, 0.6) is 5.75 Å². The Kier molecular flexibility index (Phi) is 5.73. The summed E-state index contributed by atoms with van der Waals surface area (Å²) >= 11 is 0. The van der Waals surface area contributed by atoms with Gasteiger partial charge in [0.2, 0.25) is 0 Å². The lowest BCUT2D eigenvalue weighted by Gasteiger charge is -2.32. The molecule has 8 heteroatoms. The van der Waals surface area contributed by atoms with Crippen molar-refractivity contribution < 1.29 is 22.6 Å². The fourth-order valence-corrected chi connectivity index (χ4v) is 3.85. The lowest BCUT2D eigenvalue weighted by atomic mass is 9.88. The molecule has 0 spiro atoms. The summed E-state index contributed by atoms with van der Waals surface area (Å²) in [7, 11) is 1.34. The third-order valence-corrected chi connectivity index (χ3v) is 5.29. The monoisotopic (exact) mass is 429 g/mol. The molecule has 0 amide bonds. The van der Waals surface area contributed by atoms with E-state index in [0.717, 1.165) is 17.0 Å². The number of hydrogen-bond acceptors (Lipinski definition) is 4. The van der Waals surface area contributed by atoms with Gasteiger partial charge >= 0.3 is 0 Å². The highest BCUT2D eigenvalue weighted by atomic mass is 19.1. The maximum absolute atomic E-state index is 14.2. The molecule has 162 valence electrons. The molecule has 1 aliphatic rings. The third-order valence-electron chi connectivity index (χ3n) is 5.29. The van der Waals surface area contributed by atoms with Gasteiger partial charge in [0.05, 0.1) is 30.4 Å². The van der Waals surface area contributed by atoms with Crippen LogP contribution < -0.4 is 10.5 Å². The van der Waals surface area contributed by atoms with Crippen molar-refractivity contribution >= 4 is 10.9 Å². The van der Waals surface area contributed by atoms with Crippen molar-refractivity contribution in [1.82, 2.24) is 9.78 Å². The molecule has 0 bridgehead atoms. The maximum Gasteiger partial charge on any atom is 0.163 e. The number of methoxy groups -OCH3 is 1. The van der Waals surface area contributed by atoms with Crippen molar-refractivity contribution in [3.05, 3.63) is 78.0 Å². The summed E-state index contributed by atoms with van der Waals surface area (Å²) in [6, 6.07) is 10.8. The summed E-state index contributed by atoms with van der Waals surface area (Å²) in [6.07, 6.45) is 1.71. The second-order valence-corrected chi connectivity index (χ2v) is 7.51. The van der Waals surface area contributed by atoms with E-state index in [0.29, 0.717) is 11.4 Å². The van der Waals surface area contributed by atoms with Gasteiger partial charge in [0.15, 0.2) is 5.83 Å². The Balaban J connectivity index is 1.64. The van der Waals surface area contributed by atoms with Gasteiger partial charge in [-0.1, -0.05) is 0 Å². The minimum atomic E-state index is -0.762. The van der Waals surface area contributed by atoms with E-state index >= 15 is 0 Å². The number of benzene rings is 2. The summed E-state index contributed by atoms with van der Waals surface area (Å²) < 4.78 is 54.4. The van der Waals surface area contributed by atoms with Crippen LogP contribution in [0.1, 0.15) is 13.3 Å². The van der Waals surface area contributed by atoms with Crippen LogP contribution in [0.25, 0.3) is 16.6 Å². The zero-order valence-electron chi connectivity index (χ0n) is 17.1. The van der Waals surface area contributed by atoms with Crippen molar-refractivity contribution in [2.75, 3.05) is 7.11 Å². The van der Waals surface area contributed by atoms with Crippen molar-refractivity contribution in [2.45, 2.75) is 25.5 Å². The minimum absolute atomic E-state index is 0.0221. The summed E-state index contributed by atoms with van der Waals surface area (Å²) in [5, 5.41) is 5.15. The van der Waals surface area contributed by atoms with Crippen molar-refractivity contribution in [1.29, 1.82) is 0 Å². The summed E-state index contributed by atoms with van der Waals surface area (Å²) in [6.45, 7) is 1.72. The molecule has 0 fully saturated rings. The van der Waals surface area contributed by atoms with Crippen LogP contribution in [-0.2, 0) is 4.74 Å². The third kappa shape index (κ3) is 4.16. The van der Waals surface area contributed by atoms with Crippen LogP contribution in [-0.4, -0.2) is 29.0 Å². The van der Waals surface area contributed by atoms with Crippen LogP contribution in [0, 0.1) is 11.7 Å². The molecule has 1 heterocycles. The van der Waals surface area contributed by atoms with E-state index in [1.54, 1.807) is 42.1 Å². The van der Waals surface area contributed by atoms with Crippen LogP contribution in [0.2, 0.25) is 0 Å². The molecule has 0 saturated heterocycles. The summed E-state index contributed by atoms with van der Waals surface area (Å²) in [5.74, 6) is -1.87. The van der Waals surface area contributed by atoms with Gasteiger partial charge in [-0.25, -0.2) is 17.9 Å². The molecule has 2 N–H and O–H groups in total. The molecule has 2 aromatic carbocycles. The molecule has 1 unspecified atom stereocenters. The smallest absolute Gasteiger partial charge is 0.163 e. The summed E-state index contributed by atoms with van der Waals surface area (Å²) in [4.78, 5) is 0. The number of nitrogens with zero attached hydrogens (tertiary/aromatic N) is 2. The van der Waals surface area contributed by atoms with E-state index in [-0.39, 0.29) is 18.0 Å². The van der Waals surface area contributed by atoms with Crippen LogP contribution >= 0.6 is 0 Å². The number of nitrogens with two attached hydrogens (primary N) is 1. The lowest BCUT2D eigenvalue weighted by molar-refractivity contribution is 0.0845. The van der Waals surface area contributed by atoms with E-state index in [2.05, 4.69) is 5.10 Å². The molecule has 3 atom stereocenters. The molecule has 0 saturated carbocycles. The normalized spacial score (nSPS) is 18.6. The highest BCUT2D eigenvalue weighted by Crippen LogP contribution is 2.36. The Hall–Kier alpha value is -3.26. The minimum Gasteiger partial charge on any atom is -0.498 e. The molecular formula is C23H22F3N3O2. The summed E-state index contributed by atoms with van der Waals surface area (Å²) in [5.41, 5.74) is 7.63. The molecule has 3 aromatic rings. The standard InChI is InChI=1S/C23H22F3N3O2/c1-13(27)22(19-10-16(25)11-20(26)23(19)30-2)31-18-7-8-21-14(9-18)12-28-29(21)17-5-3-15(24)4-6-17/h3-9,11-13,19,22H,10,27H2,1-2H3/t13-,19?,22-/m0/s1. The van der Waals surface area contributed by atoms with Crippen molar-refractivity contribution in [2.24, 2.45) is 11.7 Å². The first kappa shape index (κ1) is 21.0. The largest absolute Gasteiger partial charge is 0.498 e. The van der Waals surface area contributed by atoms with E-state index in [1.807, 2.05) is 6.07 Å². The Morgan fingerprint density at radius 2 is 1.87 bits per heavy atom.